The molecule has 28 heteroatoms. The number of imidazole rings is 1. The molecule has 0 aromatic carbocycles. The van der Waals surface area contributed by atoms with Gasteiger partial charge in [0.25, 0.3) is 0 Å². The molecule has 0 aliphatic carbocycles. The zero-order valence-corrected chi connectivity index (χ0v) is 30.8. The first kappa shape index (κ1) is 43.8. The number of nitrogen functional groups attached to an aromatic ring is 1. The molecule has 2 aromatic heterocycles. The predicted octanol–water partition coefficient (Wildman–Crippen LogP) is -1.91. The molecule has 3 rings (SSSR count). The van der Waals surface area contributed by atoms with Crippen molar-refractivity contribution < 1.29 is 80.8 Å². The summed E-state index contributed by atoms with van der Waals surface area (Å²) in [6.07, 6.45) is -6.86. The van der Waals surface area contributed by atoms with Gasteiger partial charge in [-0.05, 0) is 5.25 Å². The molecule has 2 aromatic rings. The highest BCUT2D eigenvalue weighted by molar-refractivity contribution is 8.03. The molecule has 52 heavy (non-hydrogen) atoms. The van der Waals surface area contributed by atoms with Gasteiger partial charge in [0.05, 0.1) is 19.5 Å². The van der Waals surface area contributed by atoms with Crippen LogP contribution in [0.25, 0.3) is 11.2 Å². The van der Waals surface area contributed by atoms with E-state index in [2.05, 4.69) is 45.6 Å². The Kier molecular flexibility index (Phi) is 15.7. The van der Waals surface area contributed by atoms with Gasteiger partial charge >= 0.3 is 23.5 Å². The molecule has 2 amide bonds. The molecule has 24 nitrogen and oxygen atoms in total. The molecule has 0 radical (unpaired) electrons. The van der Waals surface area contributed by atoms with E-state index in [0.717, 1.165) is 17.2 Å². The summed E-state index contributed by atoms with van der Waals surface area (Å²) < 4.78 is 61.9. The molecule has 292 valence electrons. The fraction of sp³-hybridized carbons (Fsp3) is 0.625. The second kappa shape index (κ2) is 18.6. The third kappa shape index (κ3) is 13.1. The number of aromatic nitrogens is 4. The first-order chi connectivity index (χ1) is 24.2. The molecular weight excluding hydrogens is 783 g/mol. The zero-order valence-electron chi connectivity index (χ0n) is 27.3. The number of fused-ring (bicyclic) bond motifs is 1. The van der Waals surface area contributed by atoms with E-state index >= 15 is 0 Å². The molecule has 1 saturated heterocycles. The fourth-order valence-corrected chi connectivity index (χ4v) is 7.62. The van der Waals surface area contributed by atoms with E-state index in [-0.39, 0.29) is 43.1 Å². The van der Waals surface area contributed by atoms with E-state index in [0.29, 0.717) is 5.75 Å². The number of phosphoric ester groups is 3. The Labute approximate surface area is 299 Å². The predicted molar refractivity (Wildman–Crippen MR) is 177 cm³/mol. The Bertz CT molecular complexity index is 1770. The molecule has 0 saturated carbocycles. The van der Waals surface area contributed by atoms with Gasteiger partial charge in [-0.15, -0.1) is 0 Å². The number of nitrogens with one attached hydrogen (secondary N) is 2. The SMILES string of the molecule is CC(C)(COP(=O)(O)OP(=O)(O)OC[C@H]1O[C@@H](n2cnc3c(N)ncnc32)[C@H](O)[C@@H]1OP(=O)(O)O)[C@@H](O)C(=O)NCCC(=O)NCCSC#CCO. The van der Waals surface area contributed by atoms with Gasteiger partial charge in [0, 0.05) is 30.7 Å². The lowest BCUT2D eigenvalue weighted by Gasteiger charge is -2.30. The van der Waals surface area contributed by atoms with Crippen molar-refractivity contribution in [3.05, 3.63) is 12.7 Å². The van der Waals surface area contributed by atoms with Crippen molar-refractivity contribution in [2.24, 2.45) is 5.41 Å². The molecule has 1 aliphatic heterocycles. The van der Waals surface area contributed by atoms with Crippen LogP contribution in [0.2, 0.25) is 0 Å². The van der Waals surface area contributed by atoms with Crippen molar-refractivity contribution in [2.45, 2.75) is 50.9 Å². The summed E-state index contributed by atoms with van der Waals surface area (Å²) in [5.41, 5.74) is 4.27. The van der Waals surface area contributed by atoms with E-state index in [9.17, 15) is 53.1 Å². The fourth-order valence-electron chi connectivity index (χ4n) is 4.32. The topological polar surface area (TPSA) is 367 Å². The number of carbonyl (C=O) groups is 2. The number of nitrogens with two attached hydrogens (primary N) is 1. The first-order valence-electron chi connectivity index (χ1n) is 14.8. The van der Waals surface area contributed by atoms with E-state index in [1.165, 1.54) is 25.6 Å². The maximum absolute atomic E-state index is 12.6. The summed E-state index contributed by atoms with van der Waals surface area (Å²) in [7, 11) is -16.4. The van der Waals surface area contributed by atoms with Crippen molar-refractivity contribution in [1.29, 1.82) is 0 Å². The highest BCUT2D eigenvalue weighted by atomic mass is 32.2. The van der Waals surface area contributed by atoms with Crippen LogP contribution in [0.3, 0.4) is 0 Å². The minimum atomic E-state index is -5.56. The van der Waals surface area contributed by atoms with Gasteiger partial charge < -0.3 is 56.0 Å². The van der Waals surface area contributed by atoms with Crippen LogP contribution in [0.15, 0.2) is 12.7 Å². The Hall–Kier alpha value is -2.59. The molecule has 1 aliphatic rings. The largest absolute Gasteiger partial charge is 0.481 e. The number of amides is 2. The molecule has 1 fully saturated rings. The van der Waals surface area contributed by atoms with Crippen LogP contribution in [-0.4, -0.2) is 129 Å². The van der Waals surface area contributed by atoms with Gasteiger partial charge in [-0.25, -0.2) is 28.6 Å². The van der Waals surface area contributed by atoms with Gasteiger partial charge in [-0.3, -0.25) is 27.7 Å². The van der Waals surface area contributed by atoms with Crippen LogP contribution in [-0.2, 0) is 45.9 Å². The lowest BCUT2D eigenvalue weighted by atomic mass is 9.87. The Morgan fingerprint density at radius 1 is 1.12 bits per heavy atom. The number of phosphoric acid groups is 3. The number of hydrogen-bond donors (Lipinski definition) is 10. The van der Waals surface area contributed by atoms with Crippen molar-refractivity contribution in [1.82, 2.24) is 30.2 Å². The van der Waals surface area contributed by atoms with E-state index < -0.39 is 84.6 Å². The van der Waals surface area contributed by atoms with Crippen LogP contribution in [0.1, 0.15) is 26.5 Å². The average molecular weight is 822 g/mol. The van der Waals surface area contributed by atoms with Crippen molar-refractivity contribution in [2.75, 3.05) is 44.4 Å². The zero-order chi connectivity index (χ0) is 38.9. The number of nitrogens with zero attached hydrogens (tertiary/aromatic N) is 4. The van der Waals surface area contributed by atoms with Gasteiger partial charge in [0.1, 0.15) is 42.9 Å². The van der Waals surface area contributed by atoms with Crippen LogP contribution in [0, 0.1) is 16.6 Å². The number of aliphatic hydroxyl groups excluding tert-OH is 3. The number of aliphatic hydroxyl groups is 3. The second-order valence-corrected chi connectivity index (χ2v) is 16.5. The second-order valence-electron chi connectivity index (χ2n) is 11.4. The summed E-state index contributed by atoms with van der Waals surface area (Å²) in [5, 5.41) is 37.4. The van der Waals surface area contributed by atoms with Crippen LogP contribution in [0.5, 0.6) is 0 Å². The number of anilines is 1. The minimum absolute atomic E-state index is 0.0316. The lowest BCUT2D eigenvalue weighted by molar-refractivity contribution is -0.137. The van der Waals surface area contributed by atoms with Crippen LogP contribution >= 0.6 is 35.2 Å². The number of ether oxygens (including phenoxy) is 1. The van der Waals surface area contributed by atoms with E-state index in [4.69, 9.17) is 24.6 Å². The van der Waals surface area contributed by atoms with Crippen molar-refractivity contribution >= 4 is 64.0 Å². The summed E-state index contributed by atoms with van der Waals surface area (Å²) in [4.78, 5) is 75.1. The van der Waals surface area contributed by atoms with Crippen LogP contribution < -0.4 is 16.4 Å². The van der Waals surface area contributed by atoms with Crippen molar-refractivity contribution in [3.63, 3.8) is 0 Å². The Morgan fingerprint density at radius 2 is 1.81 bits per heavy atom. The molecular formula is C24H38N7O17P3S. The van der Waals surface area contributed by atoms with Gasteiger partial charge in [-0.2, -0.15) is 4.31 Å². The molecule has 0 spiro atoms. The third-order valence-corrected chi connectivity index (χ3v) is 10.6. The maximum atomic E-state index is 12.6. The molecule has 0 bridgehead atoms. The summed E-state index contributed by atoms with van der Waals surface area (Å²) >= 11 is 1.19. The first-order valence-corrected chi connectivity index (χ1v) is 20.3. The highest BCUT2D eigenvalue weighted by Crippen LogP contribution is 2.61. The average Bonchev–Trinajstić information content (AvgIpc) is 3.60. The Morgan fingerprint density at radius 3 is 2.48 bits per heavy atom. The summed E-state index contributed by atoms with van der Waals surface area (Å²) in [6.45, 7) is 0.318. The minimum Gasteiger partial charge on any atom is -0.386 e. The molecule has 2 unspecified atom stereocenters. The number of rotatable bonds is 19. The standard InChI is InChI=1S/C24H38N7O17P3S/c1-24(2,19(35)22(36)27-5-4-15(33)26-6-9-52-8-3-7-32)11-45-51(42,43)48-50(40,41)44-10-14-18(47-49(37,38)39)17(34)23(46-14)31-13-30-16-20(25)28-12-29-21(16)31/h12-14,17-19,23,32,34-35H,4-7,9-11H2,1-2H3,(H,26,33)(H,27,36)(H,40,41)(H,42,43)(H2,25,28,29)(H2,37,38,39)/t14-,17-,18-,19+,23-/m1/s1. The number of thioether (sulfide) groups is 1. The summed E-state index contributed by atoms with van der Waals surface area (Å²) in [6, 6.07) is 0. The normalized spacial score (nSPS) is 22.2. The molecule has 3 heterocycles. The lowest BCUT2D eigenvalue weighted by Crippen LogP contribution is -2.46. The quantitative estimate of drug-likeness (QED) is 0.0420. The highest BCUT2D eigenvalue weighted by Gasteiger charge is 2.50. The van der Waals surface area contributed by atoms with Crippen molar-refractivity contribution in [3.8, 4) is 11.2 Å². The monoisotopic (exact) mass is 821 g/mol. The Balaban J connectivity index is 1.53. The summed E-state index contributed by atoms with van der Waals surface area (Å²) in [5.74, 6) is 1.47. The van der Waals surface area contributed by atoms with E-state index in [1.54, 1.807) is 0 Å². The smallest absolute Gasteiger partial charge is 0.386 e. The third-order valence-electron chi connectivity index (χ3n) is 6.83. The molecule has 11 N–H and O–H groups in total. The number of carbonyl (C=O) groups excluding carboxylic acids is 2. The van der Waals surface area contributed by atoms with Gasteiger partial charge in [-0.1, -0.05) is 31.5 Å². The number of hydrogen-bond acceptors (Lipinski definition) is 18. The van der Waals surface area contributed by atoms with Crippen LogP contribution in [0.4, 0.5) is 5.82 Å². The molecule has 7 atom stereocenters. The van der Waals surface area contributed by atoms with Gasteiger partial charge in [0.15, 0.2) is 17.7 Å². The van der Waals surface area contributed by atoms with Gasteiger partial charge in [0.2, 0.25) is 11.8 Å². The maximum Gasteiger partial charge on any atom is 0.481 e. The van der Waals surface area contributed by atoms with E-state index in [1.807, 2.05) is 0 Å².